The van der Waals surface area contributed by atoms with Crippen LogP contribution in [-0.4, -0.2) is 39.5 Å². The van der Waals surface area contributed by atoms with Crippen molar-refractivity contribution >= 4 is 17.5 Å². The van der Waals surface area contributed by atoms with E-state index in [1.54, 1.807) is 43.6 Å². The van der Waals surface area contributed by atoms with Crippen molar-refractivity contribution < 1.29 is 9.90 Å². The Kier molecular flexibility index (Phi) is 3.39. The van der Waals surface area contributed by atoms with Crippen LogP contribution in [0.5, 0.6) is 0 Å². The van der Waals surface area contributed by atoms with E-state index in [-0.39, 0.29) is 5.91 Å². The smallest absolute Gasteiger partial charge is 0.258 e. The van der Waals surface area contributed by atoms with Crippen molar-refractivity contribution in [2.45, 2.75) is 12.0 Å². The van der Waals surface area contributed by atoms with Crippen LogP contribution >= 0.6 is 11.6 Å². The van der Waals surface area contributed by atoms with Crippen LogP contribution in [0.1, 0.15) is 12.0 Å². The summed E-state index contributed by atoms with van der Waals surface area (Å²) in [4.78, 5) is 22.1. The molecule has 1 aliphatic rings. The number of aliphatic hydroxyl groups is 1. The predicted molar refractivity (Wildman–Crippen MR) is 78.6 cm³/mol. The van der Waals surface area contributed by atoms with Crippen LogP contribution in [0.2, 0.25) is 5.15 Å². The molecule has 0 aliphatic carbocycles. The number of likely N-dealkylation sites (N-methyl/N-ethyl adjacent to an activating group) is 1. The molecule has 0 spiro atoms. The Balaban J connectivity index is 2.03. The Labute approximate surface area is 127 Å². The lowest BCUT2D eigenvalue weighted by Gasteiger charge is -2.21. The molecule has 1 fully saturated rings. The van der Waals surface area contributed by atoms with Crippen molar-refractivity contribution in [3.63, 3.8) is 0 Å². The lowest BCUT2D eigenvalue weighted by molar-refractivity contribution is -0.143. The zero-order valence-corrected chi connectivity index (χ0v) is 12.2. The third-order valence-corrected chi connectivity index (χ3v) is 3.94. The molecule has 1 unspecified atom stereocenters. The zero-order chi connectivity index (χ0) is 15.0. The molecule has 0 bridgehead atoms. The van der Waals surface area contributed by atoms with Gasteiger partial charge in [0.1, 0.15) is 5.15 Å². The summed E-state index contributed by atoms with van der Waals surface area (Å²) >= 11 is 5.88. The Bertz CT molecular complexity index is 707. The van der Waals surface area contributed by atoms with Crippen molar-refractivity contribution in [3.8, 4) is 11.4 Å². The number of carbonyl (C=O) groups excluding carboxylic acids is 1. The fourth-order valence-corrected chi connectivity index (χ4v) is 2.66. The summed E-state index contributed by atoms with van der Waals surface area (Å²) in [5, 5.41) is 11.0. The molecule has 1 N–H and O–H groups in total. The first-order valence-corrected chi connectivity index (χ1v) is 6.96. The van der Waals surface area contributed by atoms with Crippen molar-refractivity contribution in [2.24, 2.45) is 0 Å². The fourth-order valence-electron chi connectivity index (χ4n) is 2.50. The number of nitrogens with zero attached hydrogens (tertiary/aromatic N) is 3. The molecular weight excluding hydrogens is 290 g/mol. The topological polar surface area (TPSA) is 66.3 Å². The second kappa shape index (κ2) is 5.09. The number of amides is 1. The third-order valence-electron chi connectivity index (χ3n) is 3.72. The minimum Gasteiger partial charge on any atom is -0.375 e. The van der Waals surface area contributed by atoms with E-state index in [0.717, 1.165) is 0 Å². The normalized spacial score (nSPS) is 21.9. The fraction of sp³-hybridized carbons (Fsp3) is 0.267. The molecule has 1 saturated heterocycles. The highest BCUT2D eigenvalue weighted by Gasteiger charge is 2.45. The second-order valence-corrected chi connectivity index (χ2v) is 5.50. The average molecular weight is 304 g/mol. The van der Waals surface area contributed by atoms with Crippen LogP contribution < -0.4 is 0 Å². The van der Waals surface area contributed by atoms with E-state index in [1.165, 1.54) is 4.90 Å². The van der Waals surface area contributed by atoms with E-state index in [4.69, 9.17) is 11.6 Å². The van der Waals surface area contributed by atoms with Crippen LogP contribution in [0.15, 0.2) is 36.5 Å². The van der Waals surface area contributed by atoms with E-state index in [1.807, 2.05) is 0 Å². The van der Waals surface area contributed by atoms with Gasteiger partial charge in [0.15, 0.2) is 5.60 Å². The maximum absolute atomic E-state index is 12.1. The van der Waals surface area contributed by atoms with Crippen LogP contribution in [-0.2, 0) is 10.4 Å². The highest BCUT2D eigenvalue weighted by Crippen LogP contribution is 2.33. The Morgan fingerprint density at radius 2 is 2.14 bits per heavy atom. The molecule has 0 radical (unpaired) electrons. The van der Waals surface area contributed by atoms with Crippen LogP contribution in [0.4, 0.5) is 0 Å². The number of hydrogen-bond donors (Lipinski definition) is 1. The molecule has 1 aliphatic heterocycles. The third kappa shape index (κ3) is 2.39. The van der Waals surface area contributed by atoms with E-state index in [2.05, 4.69) is 9.97 Å². The van der Waals surface area contributed by atoms with Gasteiger partial charge in [0.05, 0.1) is 11.4 Å². The summed E-state index contributed by atoms with van der Waals surface area (Å²) in [7, 11) is 1.68. The van der Waals surface area contributed by atoms with Gasteiger partial charge in [-0.05, 0) is 29.8 Å². The standard InChI is InChI=1S/C15H14ClN3O2/c1-19-8-6-15(21,14(19)20)10-5-7-17-12(9-10)11-3-2-4-13(16)18-11/h2-5,7,9,21H,6,8H2,1H3. The summed E-state index contributed by atoms with van der Waals surface area (Å²) in [5.41, 5.74) is 0.228. The molecule has 1 amide bonds. The van der Waals surface area contributed by atoms with Gasteiger partial charge >= 0.3 is 0 Å². The summed E-state index contributed by atoms with van der Waals surface area (Å²) in [6, 6.07) is 8.59. The average Bonchev–Trinajstić information content (AvgIpc) is 2.76. The van der Waals surface area contributed by atoms with Gasteiger partial charge in [0.2, 0.25) is 0 Å². The van der Waals surface area contributed by atoms with Crippen molar-refractivity contribution in [1.82, 2.24) is 14.9 Å². The second-order valence-electron chi connectivity index (χ2n) is 5.11. The van der Waals surface area contributed by atoms with Gasteiger partial charge in [0, 0.05) is 26.2 Å². The van der Waals surface area contributed by atoms with Gasteiger partial charge in [-0.25, -0.2) is 4.98 Å². The molecule has 5 nitrogen and oxygen atoms in total. The van der Waals surface area contributed by atoms with Crippen LogP contribution in [0, 0.1) is 0 Å². The molecular formula is C15H14ClN3O2. The highest BCUT2D eigenvalue weighted by molar-refractivity contribution is 6.29. The molecule has 2 aromatic rings. The van der Waals surface area contributed by atoms with Crippen molar-refractivity contribution in [3.05, 3.63) is 47.2 Å². The predicted octanol–water partition coefficient (Wildman–Crippen LogP) is 1.85. The van der Waals surface area contributed by atoms with Crippen LogP contribution in [0.25, 0.3) is 11.4 Å². The molecule has 1 atom stereocenters. The van der Waals surface area contributed by atoms with Gasteiger partial charge in [-0.15, -0.1) is 0 Å². The van der Waals surface area contributed by atoms with Gasteiger partial charge < -0.3 is 10.0 Å². The van der Waals surface area contributed by atoms with Gasteiger partial charge in [-0.1, -0.05) is 17.7 Å². The first-order chi connectivity index (χ1) is 10.0. The minimum absolute atomic E-state index is 0.293. The number of carbonyl (C=O) groups is 1. The number of pyridine rings is 2. The molecule has 3 rings (SSSR count). The molecule has 0 saturated carbocycles. The summed E-state index contributed by atoms with van der Waals surface area (Å²) < 4.78 is 0. The lowest BCUT2D eigenvalue weighted by atomic mass is 9.92. The quantitative estimate of drug-likeness (QED) is 0.860. The number of aromatic nitrogens is 2. The molecule has 6 heteroatoms. The SMILES string of the molecule is CN1CCC(O)(c2ccnc(-c3cccc(Cl)n3)c2)C1=O. The molecule has 21 heavy (non-hydrogen) atoms. The first kappa shape index (κ1) is 14.0. The van der Waals surface area contributed by atoms with Gasteiger partial charge in [0.25, 0.3) is 5.91 Å². The number of hydrogen-bond acceptors (Lipinski definition) is 4. The Morgan fingerprint density at radius 1 is 1.33 bits per heavy atom. The maximum Gasteiger partial charge on any atom is 0.258 e. The van der Waals surface area contributed by atoms with Crippen molar-refractivity contribution in [2.75, 3.05) is 13.6 Å². The summed E-state index contributed by atoms with van der Waals surface area (Å²) in [6.45, 7) is 0.530. The number of rotatable bonds is 2. The summed E-state index contributed by atoms with van der Waals surface area (Å²) in [5.74, 6) is -0.293. The van der Waals surface area contributed by atoms with Gasteiger partial charge in [-0.3, -0.25) is 9.78 Å². The molecule has 0 aromatic carbocycles. The number of likely N-dealkylation sites (tertiary alicyclic amines) is 1. The molecule has 3 heterocycles. The van der Waals surface area contributed by atoms with Crippen LogP contribution in [0.3, 0.4) is 0 Å². The van der Waals surface area contributed by atoms with E-state index >= 15 is 0 Å². The Morgan fingerprint density at radius 3 is 2.81 bits per heavy atom. The van der Waals surface area contributed by atoms with Gasteiger partial charge in [-0.2, -0.15) is 0 Å². The first-order valence-electron chi connectivity index (χ1n) is 6.58. The van der Waals surface area contributed by atoms with E-state index < -0.39 is 5.60 Å². The minimum atomic E-state index is -1.48. The highest BCUT2D eigenvalue weighted by atomic mass is 35.5. The van der Waals surface area contributed by atoms with Crippen molar-refractivity contribution in [1.29, 1.82) is 0 Å². The molecule has 2 aromatic heterocycles. The van der Waals surface area contributed by atoms with E-state index in [0.29, 0.717) is 35.1 Å². The zero-order valence-electron chi connectivity index (χ0n) is 11.5. The Hall–Kier alpha value is -1.98. The number of halogens is 1. The van der Waals surface area contributed by atoms with E-state index in [9.17, 15) is 9.90 Å². The maximum atomic E-state index is 12.1. The summed E-state index contributed by atoms with van der Waals surface area (Å²) in [6.07, 6.45) is 1.94. The monoisotopic (exact) mass is 303 g/mol. The molecule has 108 valence electrons. The lowest BCUT2D eigenvalue weighted by Crippen LogP contribution is -2.36. The largest absolute Gasteiger partial charge is 0.375 e.